The van der Waals surface area contributed by atoms with Crippen LogP contribution < -0.4 is 0 Å². The molecule has 0 atom stereocenters. The van der Waals surface area contributed by atoms with Gasteiger partial charge in [-0.2, -0.15) is 0 Å². The van der Waals surface area contributed by atoms with Crippen molar-refractivity contribution in [2.24, 2.45) is 0 Å². The van der Waals surface area contributed by atoms with Gasteiger partial charge in [-0.15, -0.1) is 0 Å². The van der Waals surface area contributed by atoms with Crippen molar-refractivity contribution in [1.82, 2.24) is 4.98 Å². The van der Waals surface area contributed by atoms with E-state index >= 15 is 0 Å². The van der Waals surface area contributed by atoms with E-state index in [1.807, 2.05) is 54.6 Å². The second kappa shape index (κ2) is 8.31. The molecule has 0 amide bonds. The maximum atomic E-state index is 12.7. The number of carbonyl (C=O) groups excluding carboxylic acids is 1. The van der Waals surface area contributed by atoms with E-state index in [0.717, 1.165) is 28.6 Å². The number of ether oxygens (including phenoxy) is 1. The van der Waals surface area contributed by atoms with Crippen LogP contribution in [0.15, 0.2) is 54.6 Å². The molecule has 0 unspecified atom stereocenters. The molecule has 3 rings (SSSR count). The minimum atomic E-state index is -0.355. The molecule has 0 spiro atoms. The number of benzene rings is 2. The molecule has 3 aromatic rings. The van der Waals surface area contributed by atoms with Crippen molar-refractivity contribution in [1.29, 1.82) is 0 Å². The smallest absolute Gasteiger partial charge is 0.341 e. The monoisotopic (exact) mass is 343 g/mol. The van der Waals surface area contributed by atoms with Gasteiger partial charge in [0.05, 0.1) is 28.9 Å². The number of nitrogens with zero attached hydrogens (tertiary/aromatic N) is 1. The summed E-state index contributed by atoms with van der Waals surface area (Å²) in [7, 11) is 0. The first-order valence-electron chi connectivity index (χ1n) is 8.90. The minimum absolute atomic E-state index is 0.322. The van der Waals surface area contributed by atoms with Gasteiger partial charge in [0.15, 0.2) is 0 Å². The summed E-state index contributed by atoms with van der Waals surface area (Å²) in [5.74, 6) is 6.04. The molecule has 26 heavy (non-hydrogen) atoms. The Bertz CT molecular complexity index is 982. The first kappa shape index (κ1) is 17.7. The van der Waals surface area contributed by atoms with Gasteiger partial charge in [0.2, 0.25) is 0 Å². The summed E-state index contributed by atoms with van der Waals surface area (Å²) in [6, 6.07) is 17.5. The van der Waals surface area contributed by atoms with Gasteiger partial charge in [-0.1, -0.05) is 61.6 Å². The van der Waals surface area contributed by atoms with Crippen LogP contribution >= 0.6 is 0 Å². The fraction of sp³-hybridized carbons (Fsp3) is 0.217. The molecular formula is C23H21NO2. The number of hydrogen-bond donors (Lipinski definition) is 0. The van der Waals surface area contributed by atoms with Gasteiger partial charge in [-0.05, 0) is 31.5 Å². The van der Waals surface area contributed by atoms with Crippen LogP contribution in [0.5, 0.6) is 0 Å². The molecule has 0 aliphatic carbocycles. The van der Waals surface area contributed by atoms with Crippen LogP contribution in [0.4, 0.5) is 0 Å². The fourth-order valence-electron chi connectivity index (χ4n) is 2.89. The third-order valence-electron chi connectivity index (χ3n) is 4.04. The van der Waals surface area contributed by atoms with Crippen molar-refractivity contribution in [3.63, 3.8) is 0 Å². The molecular weight excluding hydrogens is 322 g/mol. The van der Waals surface area contributed by atoms with Crippen molar-refractivity contribution in [3.8, 4) is 11.8 Å². The van der Waals surface area contributed by atoms with E-state index in [1.54, 1.807) is 6.92 Å². The van der Waals surface area contributed by atoms with Crippen LogP contribution in [-0.2, 0) is 11.2 Å². The van der Waals surface area contributed by atoms with Gasteiger partial charge < -0.3 is 4.74 Å². The van der Waals surface area contributed by atoms with Gasteiger partial charge >= 0.3 is 5.97 Å². The summed E-state index contributed by atoms with van der Waals surface area (Å²) in [4.78, 5) is 17.4. The lowest BCUT2D eigenvalue weighted by Gasteiger charge is -2.12. The molecule has 1 heterocycles. The maximum absolute atomic E-state index is 12.7. The van der Waals surface area contributed by atoms with E-state index in [-0.39, 0.29) is 5.97 Å². The SMILES string of the molecule is CCCc1nc2ccccc2c(C#Cc2ccccc2)c1C(=O)OCC. The molecule has 0 N–H and O–H groups in total. The normalized spacial score (nSPS) is 10.2. The number of fused-ring (bicyclic) bond motifs is 1. The van der Waals surface area contributed by atoms with Crippen molar-refractivity contribution >= 4 is 16.9 Å². The van der Waals surface area contributed by atoms with Gasteiger partial charge in [0, 0.05) is 10.9 Å². The zero-order chi connectivity index (χ0) is 18.4. The quantitative estimate of drug-likeness (QED) is 0.506. The lowest BCUT2D eigenvalue weighted by Crippen LogP contribution is -2.13. The number of aryl methyl sites for hydroxylation is 1. The number of para-hydroxylation sites is 1. The highest BCUT2D eigenvalue weighted by Gasteiger charge is 2.20. The highest BCUT2D eigenvalue weighted by atomic mass is 16.5. The Morgan fingerprint density at radius 1 is 1.00 bits per heavy atom. The predicted octanol–water partition coefficient (Wildman–Crippen LogP) is 4.76. The zero-order valence-corrected chi connectivity index (χ0v) is 15.1. The van der Waals surface area contributed by atoms with Crippen LogP contribution in [-0.4, -0.2) is 17.6 Å². The number of pyridine rings is 1. The fourth-order valence-corrected chi connectivity index (χ4v) is 2.89. The highest BCUT2D eigenvalue weighted by molar-refractivity contribution is 6.00. The number of rotatable bonds is 4. The van der Waals surface area contributed by atoms with Crippen molar-refractivity contribution < 1.29 is 9.53 Å². The second-order valence-electron chi connectivity index (χ2n) is 5.91. The molecule has 0 aliphatic heterocycles. The lowest BCUT2D eigenvalue weighted by atomic mass is 9.98. The average Bonchev–Trinajstić information content (AvgIpc) is 2.67. The average molecular weight is 343 g/mol. The Kier molecular flexibility index (Phi) is 5.66. The Balaban J connectivity index is 2.27. The molecule has 0 bridgehead atoms. The van der Waals surface area contributed by atoms with Crippen LogP contribution in [0.1, 0.15) is 47.4 Å². The zero-order valence-electron chi connectivity index (χ0n) is 15.1. The predicted molar refractivity (Wildman–Crippen MR) is 104 cm³/mol. The highest BCUT2D eigenvalue weighted by Crippen LogP contribution is 2.25. The van der Waals surface area contributed by atoms with Crippen molar-refractivity contribution in [2.45, 2.75) is 26.7 Å². The van der Waals surface area contributed by atoms with Crippen LogP contribution in [0.2, 0.25) is 0 Å². The molecule has 1 aromatic heterocycles. The molecule has 2 aromatic carbocycles. The second-order valence-corrected chi connectivity index (χ2v) is 5.91. The maximum Gasteiger partial charge on any atom is 0.341 e. The molecule has 0 radical (unpaired) electrons. The molecule has 0 saturated heterocycles. The Labute approximate surface area is 154 Å². The van der Waals surface area contributed by atoms with E-state index in [4.69, 9.17) is 9.72 Å². The Morgan fingerprint density at radius 2 is 1.73 bits per heavy atom. The summed E-state index contributed by atoms with van der Waals surface area (Å²) in [5, 5.41) is 0.874. The topological polar surface area (TPSA) is 39.2 Å². The molecule has 0 aliphatic rings. The number of esters is 1. The molecule has 3 heteroatoms. The Hall–Kier alpha value is -3.12. The van der Waals surface area contributed by atoms with Crippen molar-refractivity contribution in [2.75, 3.05) is 6.61 Å². The van der Waals surface area contributed by atoms with Crippen molar-refractivity contribution in [3.05, 3.63) is 77.0 Å². The number of aromatic nitrogens is 1. The van der Waals surface area contributed by atoms with Gasteiger partial charge in [-0.25, -0.2) is 4.79 Å². The summed E-state index contributed by atoms with van der Waals surface area (Å²) in [6.07, 6.45) is 1.60. The molecule has 3 nitrogen and oxygen atoms in total. The van der Waals surface area contributed by atoms with Crippen LogP contribution in [0, 0.1) is 11.8 Å². The van der Waals surface area contributed by atoms with Gasteiger partial charge in [0.1, 0.15) is 0 Å². The van der Waals surface area contributed by atoms with E-state index in [1.165, 1.54) is 0 Å². The number of hydrogen-bond acceptors (Lipinski definition) is 3. The summed E-state index contributed by atoms with van der Waals surface area (Å²) in [6.45, 7) is 4.20. The van der Waals surface area contributed by atoms with E-state index < -0.39 is 0 Å². The molecule has 130 valence electrons. The first-order valence-corrected chi connectivity index (χ1v) is 8.90. The van der Waals surface area contributed by atoms with E-state index in [2.05, 4.69) is 18.8 Å². The number of carbonyl (C=O) groups is 1. The molecule has 0 saturated carbocycles. The van der Waals surface area contributed by atoms with E-state index in [0.29, 0.717) is 24.2 Å². The molecule has 0 fully saturated rings. The third-order valence-corrected chi connectivity index (χ3v) is 4.04. The van der Waals surface area contributed by atoms with Gasteiger partial charge in [0.25, 0.3) is 0 Å². The Morgan fingerprint density at radius 3 is 2.46 bits per heavy atom. The lowest BCUT2D eigenvalue weighted by molar-refractivity contribution is 0.0524. The van der Waals surface area contributed by atoms with E-state index in [9.17, 15) is 4.79 Å². The minimum Gasteiger partial charge on any atom is -0.462 e. The summed E-state index contributed by atoms with van der Waals surface area (Å²) >= 11 is 0. The van der Waals surface area contributed by atoms with Crippen LogP contribution in [0.3, 0.4) is 0 Å². The third kappa shape index (κ3) is 3.75. The van der Waals surface area contributed by atoms with Crippen LogP contribution in [0.25, 0.3) is 10.9 Å². The summed E-state index contributed by atoms with van der Waals surface area (Å²) < 4.78 is 5.31. The first-order chi connectivity index (χ1) is 12.7. The largest absolute Gasteiger partial charge is 0.462 e. The standard InChI is InChI=1S/C23H21NO2/c1-3-10-21-22(23(25)26-4-2)19(16-15-17-11-6-5-7-12-17)18-13-8-9-14-20(18)24-21/h5-9,11-14H,3-4,10H2,1-2H3. The van der Waals surface area contributed by atoms with Gasteiger partial charge in [-0.3, -0.25) is 4.98 Å². The summed E-state index contributed by atoms with van der Waals surface area (Å²) in [5.41, 5.74) is 3.70.